The Morgan fingerprint density at radius 2 is 1.63 bits per heavy atom. The minimum Gasteiger partial charge on any atom is -0.490 e. The molecule has 0 saturated carbocycles. The van der Waals surface area contributed by atoms with Crippen molar-refractivity contribution in [2.45, 2.75) is 20.0 Å². The molecule has 27 heavy (non-hydrogen) atoms. The first kappa shape index (κ1) is 18.8. The van der Waals surface area contributed by atoms with E-state index in [0.29, 0.717) is 33.5 Å². The van der Waals surface area contributed by atoms with Crippen LogP contribution in [0.1, 0.15) is 24.2 Å². The minimum absolute atomic E-state index is 0.0397. The van der Waals surface area contributed by atoms with Crippen molar-refractivity contribution < 1.29 is 14.3 Å². The van der Waals surface area contributed by atoms with Crippen molar-refractivity contribution in [3.8, 4) is 17.2 Å². The van der Waals surface area contributed by atoms with Gasteiger partial charge >= 0.3 is 0 Å². The molecule has 1 N–H and O–H groups in total. The molecule has 3 rings (SSSR count). The Hall–Kier alpha value is -2.98. The van der Waals surface area contributed by atoms with Crippen molar-refractivity contribution >= 4 is 23.2 Å². The number of ether oxygens (including phenoxy) is 2. The van der Waals surface area contributed by atoms with Crippen LogP contribution in [-0.4, -0.2) is 12.0 Å². The zero-order valence-electron chi connectivity index (χ0n) is 15.1. The van der Waals surface area contributed by atoms with E-state index in [-0.39, 0.29) is 12.0 Å². The third-order valence-electron chi connectivity index (χ3n) is 3.66. The number of benzene rings is 3. The average Bonchev–Trinajstić information content (AvgIpc) is 2.65. The number of nitrogens with one attached hydrogen (secondary N) is 1. The third kappa shape index (κ3) is 5.02. The molecule has 0 aliphatic carbocycles. The van der Waals surface area contributed by atoms with Gasteiger partial charge in [0.25, 0.3) is 5.91 Å². The quantitative estimate of drug-likeness (QED) is 0.555. The van der Waals surface area contributed by atoms with E-state index in [2.05, 4.69) is 5.32 Å². The van der Waals surface area contributed by atoms with Crippen molar-refractivity contribution in [1.82, 2.24) is 0 Å². The SMILES string of the molecule is CC(C)Oc1ccccc1C(=O)Nc1cc(Cl)ccc1Oc1ccccc1. The standard InChI is InChI=1S/C22H20ClNO3/c1-15(2)26-20-11-7-6-10-18(20)22(25)24-19-14-16(23)12-13-21(19)27-17-8-4-3-5-9-17/h3-15H,1-2H3,(H,24,25). The Labute approximate surface area is 163 Å². The molecule has 0 bridgehead atoms. The summed E-state index contributed by atoms with van der Waals surface area (Å²) in [5.41, 5.74) is 0.924. The van der Waals surface area contributed by atoms with Gasteiger partial charge in [-0.3, -0.25) is 4.79 Å². The molecule has 0 aliphatic rings. The van der Waals surface area contributed by atoms with Gasteiger partial charge in [0, 0.05) is 5.02 Å². The summed E-state index contributed by atoms with van der Waals surface area (Å²) in [6.07, 6.45) is -0.0397. The van der Waals surface area contributed by atoms with Gasteiger partial charge in [0.1, 0.15) is 11.5 Å². The molecule has 3 aromatic carbocycles. The summed E-state index contributed by atoms with van der Waals surface area (Å²) in [6.45, 7) is 3.83. The summed E-state index contributed by atoms with van der Waals surface area (Å²) in [4.78, 5) is 12.8. The second-order valence-corrected chi connectivity index (χ2v) is 6.61. The van der Waals surface area contributed by atoms with Gasteiger partial charge in [-0.15, -0.1) is 0 Å². The molecule has 4 nitrogen and oxygen atoms in total. The molecular weight excluding hydrogens is 362 g/mol. The van der Waals surface area contributed by atoms with Crippen molar-refractivity contribution in [2.75, 3.05) is 5.32 Å². The van der Waals surface area contributed by atoms with Crippen molar-refractivity contribution in [3.05, 3.63) is 83.4 Å². The number of anilines is 1. The summed E-state index contributed by atoms with van der Waals surface area (Å²) in [5.74, 6) is 1.39. The minimum atomic E-state index is -0.300. The molecule has 0 heterocycles. The monoisotopic (exact) mass is 381 g/mol. The lowest BCUT2D eigenvalue weighted by molar-refractivity contribution is 0.102. The lowest BCUT2D eigenvalue weighted by atomic mass is 10.1. The second-order valence-electron chi connectivity index (χ2n) is 6.17. The Balaban J connectivity index is 1.87. The van der Waals surface area contributed by atoms with Crippen molar-refractivity contribution in [3.63, 3.8) is 0 Å². The number of para-hydroxylation sites is 2. The van der Waals surface area contributed by atoms with Crippen LogP contribution in [-0.2, 0) is 0 Å². The Kier molecular flexibility index (Phi) is 5.99. The van der Waals surface area contributed by atoms with E-state index in [9.17, 15) is 4.79 Å². The fourth-order valence-electron chi connectivity index (χ4n) is 2.50. The zero-order valence-corrected chi connectivity index (χ0v) is 15.9. The molecule has 0 spiro atoms. The maximum absolute atomic E-state index is 12.8. The average molecular weight is 382 g/mol. The fourth-order valence-corrected chi connectivity index (χ4v) is 2.68. The van der Waals surface area contributed by atoms with Crippen LogP contribution in [0, 0.1) is 0 Å². The van der Waals surface area contributed by atoms with Gasteiger partial charge in [-0.2, -0.15) is 0 Å². The maximum Gasteiger partial charge on any atom is 0.259 e. The molecule has 1 amide bonds. The summed E-state index contributed by atoms with van der Waals surface area (Å²) in [7, 11) is 0. The number of carbonyl (C=O) groups is 1. The normalized spacial score (nSPS) is 10.5. The van der Waals surface area contributed by atoms with Crippen LogP contribution >= 0.6 is 11.6 Å². The Morgan fingerprint density at radius 1 is 0.926 bits per heavy atom. The molecule has 0 saturated heterocycles. The van der Waals surface area contributed by atoms with Crippen molar-refractivity contribution in [1.29, 1.82) is 0 Å². The Morgan fingerprint density at radius 3 is 2.37 bits per heavy atom. The number of halogens is 1. The van der Waals surface area contributed by atoms with Gasteiger partial charge in [0.15, 0.2) is 5.75 Å². The van der Waals surface area contributed by atoms with Gasteiger partial charge in [-0.25, -0.2) is 0 Å². The molecule has 0 unspecified atom stereocenters. The number of rotatable bonds is 6. The van der Waals surface area contributed by atoms with Crippen LogP contribution in [0.5, 0.6) is 17.2 Å². The van der Waals surface area contributed by atoms with Crippen LogP contribution in [0.15, 0.2) is 72.8 Å². The number of amides is 1. The molecule has 0 aromatic heterocycles. The van der Waals surface area contributed by atoms with Gasteiger partial charge in [0.05, 0.1) is 17.4 Å². The third-order valence-corrected chi connectivity index (χ3v) is 3.89. The van der Waals surface area contributed by atoms with E-state index >= 15 is 0 Å². The summed E-state index contributed by atoms with van der Waals surface area (Å²) >= 11 is 6.12. The highest BCUT2D eigenvalue weighted by atomic mass is 35.5. The van der Waals surface area contributed by atoms with Crippen LogP contribution < -0.4 is 14.8 Å². The smallest absolute Gasteiger partial charge is 0.259 e. The molecular formula is C22H20ClNO3. The molecule has 0 radical (unpaired) electrons. The topological polar surface area (TPSA) is 47.6 Å². The van der Waals surface area contributed by atoms with Crippen LogP contribution in [0.25, 0.3) is 0 Å². The fraction of sp³-hybridized carbons (Fsp3) is 0.136. The lowest BCUT2D eigenvalue weighted by Crippen LogP contribution is -2.16. The van der Waals surface area contributed by atoms with Gasteiger partial charge in [0.2, 0.25) is 0 Å². The lowest BCUT2D eigenvalue weighted by Gasteiger charge is -2.16. The van der Waals surface area contributed by atoms with Gasteiger partial charge in [-0.05, 0) is 56.3 Å². The van der Waals surface area contributed by atoms with E-state index in [4.69, 9.17) is 21.1 Å². The summed E-state index contributed by atoms with van der Waals surface area (Å²) in [6, 6.07) is 21.5. The zero-order chi connectivity index (χ0) is 19.2. The highest BCUT2D eigenvalue weighted by Gasteiger charge is 2.16. The van der Waals surface area contributed by atoms with Crippen molar-refractivity contribution in [2.24, 2.45) is 0 Å². The predicted molar refractivity (Wildman–Crippen MR) is 108 cm³/mol. The molecule has 5 heteroatoms. The van der Waals surface area contributed by atoms with E-state index in [1.165, 1.54) is 0 Å². The first-order valence-corrected chi connectivity index (χ1v) is 9.00. The van der Waals surface area contributed by atoms with Crippen LogP contribution in [0.4, 0.5) is 5.69 Å². The first-order valence-electron chi connectivity index (χ1n) is 8.62. The number of hydrogen-bond donors (Lipinski definition) is 1. The molecule has 0 fully saturated rings. The predicted octanol–water partition coefficient (Wildman–Crippen LogP) is 6.17. The van der Waals surface area contributed by atoms with E-state index in [1.807, 2.05) is 50.2 Å². The van der Waals surface area contributed by atoms with Gasteiger partial charge < -0.3 is 14.8 Å². The van der Waals surface area contributed by atoms with E-state index in [1.54, 1.807) is 36.4 Å². The highest BCUT2D eigenvalue weighted by Crippen LogP contribution is 2.33. The van der Waals surface area contributed by atoms with E-state index < -0.39 is 0 Å². The first-order chi connectivity index (χ1) is 13.0. The number of hydrogen-bond acceptors (Lipinski definition) is 3. The molecule has 0 aliphatic heterocycles. The summed E-state index contributed by atoms with van der Waals surface area (Å²) in [5, 5.41) is 3.37. The largest absolute Gasteiger partial charge is 0.490 e. The van der Waals surface area contributed by atoms with Crippen LogP contribution in [0.3, 0.4) is 0 Å². The highest BCUT2D eigenvalue weighted by molar-refractivity contribution is 6.31. The van der Waals surface area contributed by atoms with Gasteiger partial charge in [-0.1, -0.05) is 41.9 Å². The molecule has 3 aromatic rings. The molecule has 0 atom stereocenters. The molecule has 138 valence electrons. The maximum atomic E-state index is 12.8. The Bertz CT molecular complexity index is 926. The van der Waals surface area contributed by atoms with E-state index in [0.717, 1.165) is 0 Å². The van der Waals surface area contributed by atoms with Crippen LogP contribution in [0.2, 0.25) is 5.02 Å². The number of carbonyl (C=O) groups excluding carboxylic acids is 1. The second kappa shape index (κ2) is 8.60. The summed E-state index contributed by atoms with van der Waals surface area (Å²) < 4.78 is 11.6.